The van der Waals surface area contributed by atoms with E-state index >= 15 is 0 Å². The molecule has 0 heterocycles. The molecule has 0 radical (unpaired) electrons. The molecule has 0 aliphatic carbocycles. The molecule has 0 saturated heterocycles. The van der Waals surface area contributed by atoms with Crippen molar-refractivity contribution in [2.45, 2.75) is 18.7 Å². The van der Waals surface area contributed by atoms with Gasteiger partial charge in [-0.05, 0) is 49.2 Å². The standard InChI is InChI=1S/C14H14ClFN2O2S/c1-8-6-10(7-12(17)9(8)2)21(19,20)18-13-5-3-4-11(15)14(13)16/h3-7,18H,17H2,1-2H3. The maximum Gasteiger partial charge on any atom is 0.262 e. The number of benzene rings is 2. The first kappa shape index (κ1) is 15.6. The number of halogens is 2. The molecule has 0 atom stereocenters. The molecule has 0 aromatic heterocycles. The number of anilines is 2. The number of aryl methyl sites for hydroxylation is 1. The van der Waals surface area contributed by atoms with E-state index in [9.17, 15) is 12.8 Å². The molecule has 2 aromatic rings. The maximum atomic E-state index is 13.8. The van der Waals surface area contributed by atoms with Gasteiger partial charge in [-0.25, -0.2) is 12.8 Å². The fourth-order valence-corrected chi connectivity index (χ4v) is 3.15. The minimum Gasteiger partial charge on any atom is -0.398 e. The Balaban J connectivity index is 2.46. The number of hydrogen-bond donors (Lipinski definition) is 2. The molecular weight excluding hydrogens is 315 g/mol. The van der Waals surface area contributed by atoms with E-state index in [1.165, 1.54) is 30.3 Å². The van der Waals surface area contributed by atoms with Gasteiger partial charge in [0.1, 0.15) is 0 Å². The van der Waals surface area contributed by atoms with E-state index in [1.54, 1.807) is 13.8 Å². The van der Waals surface area contributed by atoms with Crippen LogP contribution in [0.3, 0.4) is 0 Å². The molecule has 2 aromatic carbocycles. The van der Waals surface area contributed by atoms with Gasteiger partial charge >= 0.3 is 0 Å². The Bertz CT molecular complexity index is 784. The predicted molar refractivity (Wildman–Crippen MR) is 82.5 cm³/mol. The Morgan fingerprint density at radius 1 is 1.24 bits per heavy atom. The third kappa shape index (κ3) is 3.11. The lowest BCUT2D eigenvalue weighted by atomic mass is 10.1. The summed E-state index contributed by atoms with van der Waals surface area (Å²) in [4.78, 5) is -0.0255. The second-order valence-electron chi connectivity index (χ2n) is 4.66. The molecule has 3 N–H and O–H groups in total. The van der Waals surface area contributed by atoms with Crippen LogP contribution < -0.4 is 10.5 Å². The van der Waals surface area contributed by atoms with E-state index in [1.807, 2.05) is 0 Å². The van der Waals surface area contributed by atoms with E-state index in [-0.39, 0.29) is 15.6 Å². The molecule has 112 valence electrons. The van der Waals surface area contributed by atoms with Crippen LogP contribution in [0.5, 0.6) is 0 Å². The molecule has 21 heavy (non-hydrogen) atoms. The largest absolute Gasteiger partial charge is 0.398 e. The number of nitrogen functional groups attached to an aromatic ring is 1. The molecule has 2 rings (SSSR count). The average molecular weight is 329 g/mol. The van der Waals surface area contributed by atoms with Gasteiger partial charge in [-0.2, -0.15) is 0 Å². The Hall–Kier alpha value is -1.79. The van der Waals surface area contributed by atoms with Crippen molar-refractivity contribution in [3.8, 4) is 0 Å². The molecule has 0 aliphatic heterocycles. The fraction of sp³-hybridized carbons (Fsp3) is 0.143. The molecule has 7 heteroatoms. The van der Waals surface area contributed by atoms with Gasteiger partial charge < -0.3 is 5.73 Å². The molecule has 0 saturated carbocycles. The first-order valence-corrected chi connectivity index (χ1v) is 7.92. The van der Waals surface area contributed by atoms with E-state index in [2.05, 4.69) is 4.72 Å². The van der Waals surface area contributed by atoms with Crippen molar-refractivity contribution < 1.29 is 12.8 Å². The van der Waals surface area contributed by atoms with Crippen molar-refractivity contribution in [1.82, 2.24) is 0 Å². The molecule has 0 unspecified atom stereocenters. The van der Waals surface area contributed by atoms with Gasteiger partial charge in [0.2, 0.25) is 0 Å². The summed E-state index contributed by atoms with van der Waals surface area (Å²) in [6, 6.07) is 6.91. The third-order valence-corrected chi connectivity index (χ3v) is 4.82. The molecule has 4 nitrogen and oxygen atoms in total. The Labute approximate surface area is 127 Å². The summed E-state index contributed by atoms with van der Waals surface area (Å²) in [5.74, 6) is -0.820. The Morgan fingerprint density at radius 2 is 1.90 bits per heavy atom. The second kappa shape index (κ2) is 5.54. The van der Waals surface area contributed by atoms with Crippen LogP contribution in [0.1, 0.15) is 11.1 Å². The van der Waals surface area contributed by atoms with Crippen molar-refractivity contribution >= 4 is 33.0 Å². The topological polar surface area (TPSA) is 72.2 Å². The Morgan fingerprint density at radius 3 is 2.52 bits per heavy atom. The van der Waals surface area contributed by atoms with E-state index in [4.69, 9.17) is 17.3 Å². The van der Waals surface area contributed by atoms with Crippen molar-refractivity contribution in [3.63, 3.8) is 0 Å². The highest BCUT2D eigenvalue weighted by atomic mass is 35.5. The summed E-state index contributed by atoms with van der Waals surface area (Å²) in [6.07, 6.45) is 0. The average Bonchev–Trinajstić information content (AvgIpc) is 2.40. The van der Waals surface area contributed by atoms with Crippen molar-refractivity contribution in [2.24, 2.45) is 0 Å². The van der Waals surface area contributed by atoms with Crippen LogP contribution in [0.4, 0.5) is 15.8 Å². The zero-order chi connectivity index (χ0) is 15.8. The number of sulfonamides is 1. The van der Waals surface area contributed by atoms with Crippen LogP contribution in [0.15, 0.2) is 35.2 Å². The minimum absolute atomic E-state index is 0.0255. The zero-order valence-corrected chi connectivity index (χ0v) is 13.0. The molecule has 0 bridgehead atoms. The molecule has 0 spiro atoms. The van der Waals surface area contributed by atoms with Gasteiger partial charge in [0.25, 0.3) is 10.0 Å². The summed E-state index contributed by atoms with van der Waals surface area (Å²) in [5, 5.41) is -0.158. The molecule has 0 fully saturated rings. The highest BCUT2D eigenvalue weighted by Crippen LogP contribution is 2.26. The van der Waals surface area contributed by atoms with Crippen LogP contribution in [0, 0.1) is 19.7 Å². The highest BCUT2D eigenvalue weighted by molar-refractivity contribution is 7.92. The van der Waals surface area contributed by atoms with Crippen LogP contribution in [0.25, 0.3) is 0 Å². The lowest BCUT2D eigenvalue weighted by Crippen LogP contribution is -2.15. The van der Waals surface area contributed by atoms with Crippen molar-refractivity contribution in [1.29, 1.82) is 0 Å². The van der Waals surface area contributed by atoms with Crippen LogP contribution in [-0.4, -0.2) is 8.42 Å². The smallest absolute Gasteiger partial charge is 0.262 e. The summed E-state index contributed by atoms with van der Waals surface area (Å²) in [5.41, 5.74) is 7.48. The molecular formula is C14H14ClFN2O2S. The van der Waals surface area contributed by atoms with Gasteiger partial charge in [-0.15, -0.1) is 0 Å². The first-order chi connectivity index (χ1) is 9.72. The number of hydrogen-bond acceptors (Lipinski definition) is 3. The second-order valence-corrected chi connectivity index (χ2v) is 6.75. The number of rotatable bonds is 3. The van der Waals surface area contributed by atoms with Crippen LogP contribution in [0.2, 0.25) is 5.02 Å². The predicted octanol–water partition coefficient (Wildman–Crippen LogP) is 3.48. The van der Waals surface area contributed by atoms with Crippen LogP contribution >= 0.6 is 11.6 Å². The van der Waals surface area contributed by atoms with E-state index in [0.717, 1.165) is 11.1 Å². The lowest BCUT2D eigenvalue weighted by molar-refractivity contribution is 0.598. The van der Waals surface area contributed by atoms with Crippen molar-refractivity contribution in [3.05, 3.63) is 52.3 Å². The molecule has 0 amide bonds. The normalized spacial score (nSPS) is 11.4. The van der Waals surface area contributed by atoms with Crippen molar-refractivity contribution in [2.75, 3.05) is 10.5 Å². The van der Waals surface area contributed by atoms with E-state index in [0.29, 0.717) is 5.69 Å². The maximum absolute atomic E-state index is 13.8. The van der Waals surface area contributed by atoms with Gasteiger partial charge in [-0.3, -0.25) is 4.72 Å². The van der Waals surface area contributed by atoms with Gasteiger partial charge in [0.05, 0.1) is 15.6 Å². The van der Waals surface area contributed by atoms with Gasteiger partial charge in [-0.1, -0.05) is 17.7 Å². The minimum atomic E-state index is -3.94. The SMILES string of the molecule is Cc1cc(S(=O)(=O)Nc2cccc(Cl)c2F)cc(N)c1C. The summed E-state index contributed by atoms with van der Waals surface area (Å²) < 4.78 is 40.6. The summed E-state index contributed by atoms with van der Waals surface area (Å²) in [7, 11) is -3.94. The zero-order valence-electron chi connectivity index (χ0n) is 11.4. The Kier molecular flexibility index (Phi) is 4.11. The lowest BCUT2D eigenvalue weighted by Gasteiger charge is -2.12. The third-order valence-electron chi connectivity index (χ3n) is 3.19. The summed E-state index contributed by atoms with van der Waals surface area (Å²) in [6.45, 7) is 3.55. The number of nitrogens with one attached hydrogen (secondary N) is 1. The van der Waals surface area contributed by atoms with Gasteiger partial charge in [0.15, 0.2) is 5.82 Å². The number of nitrogens with two attached hydrogens (primary N) is 1. The first-order valence-electron chi connectivity index (χ1n) is 6.06. The monoisotopic (exact) mass is 328 g/mol. The molecule has 0 aliphatic rings. The van der Waals surface area contributed by atoms with E-state index < -0.39 is 15.8 Å². The fourth-order valence-electron chi connectivity index (χ4n) is 1.79. The highest BCUT2D eigenvalue weighted by Gasteiger charge is 2.19. The quantitative estimate of drug-likeness (QED) is 0.847. The summed E-state index contributed by atoms with van der Waals surface area (Å²) >= 11 is 5.63. The van der Waals surface area contributed by atoms with Crippen LogP contribution in [-0.2, 0) is 10.0 Å². The van der Waals surface area contributed by atoms with Gasteiger partial charge in [0, 0.05) is 5.69 Å².